The summed E-state index contributed by atoms with van der Waals surface area (Å²) in [4.78, 5) is 0. The Morgan fingerprint density at radius 2 is 2.29 bits per heavy atom. The van der Waals surface area contributed by atoms with Crippen molar-refractivity contribution in [3.05, 3.63) is 34.3 Å². The van der Waals surface area contributed by atoms with E-state index in [1.54, 1.807) is 0 Å². The lowest BCUT2D eigenvalue weighted by molar-refractivity contribution is 0.284. The number of aliphatic hydroxyl groups excluding tert-OH is 1. The van der Waals surface area contributed by atoms with Gasteiger partial charge in [-0.1, -0.05) is 28.1 Å². The van der Waals surface area contributed by atoms with Crippen LogP contribution in [-0.4, -0.2) is 18.3 Å². The normalized spacial score (nSPS) is 12.8. The molecule has 0 saturated heterocycles. The van der Waals surface area contributed by atoms with E-state index in [9.17, 15) is 0 Å². The summed E-state index contributed by atoms with van der Waals surface area (Å²) in [6, 6.07) is 8.59. The predicted molar refractivity (Wildman–Crippen MR) is 62.3 cm³/mol. The van der Waals surface area contributed by atoms with Gasteiger partial charge in [-0.3, -0.25) is 0 Å². The fourth-order valence-electron chi connectivity index (χ4n) is 1.29. The summed E-state index contributed by atoms with van der Waals surface area (Å²) >= 11 is 3.44. The van der Waals surface area contributed by atoms with Gasteiger partial charge in [-0.05, 0) is 37.6 Å². The molecule has 0 aliphatic rings. The maximum Gasteiger partial charge on any atom is 0.0443 e. The van der Waals surface area contributed by atoms with Crippen LogP contribution in [0.2, 0.25) is 0 Å². The zero-order valence-corrected chi connectivity index (χ0v) is 9.92. The van der Waals surface area contributed by atoms with Crippen molar-refractivity contribution in [2.75, 3.05) is 13.2 Å². The molecule has 1 atom stereocenters. The minimum atomic E-state index is 0.248. The number of rotatable bonds is 5. The van der Waals surface area contributed by atoms with Crippen LogP contribution >= 0.6 is 15.9 Å². The van der Waals surface area contributed by atoms with E-state index < -0.39 is 0 Å². The molecule has 0 aromatic heterocycles. The quantitative estimate of drug-likeness (QED) is 0.795. The Morgan fingerprint density at radius 3 is 2.93 bits per heavy atom. The Balaban J connectivity index is 2.47. The van der Waals surface area contributed by atoms with E-state index in [0.717, 1.165) is 17.4 Å². The second-order valence-electron chi connectivity index (χ2n) is 3.31. The molecule has 3 heteroatoms. The SMILES string of the molecule is C[C@H](NCCCO)c1cccc(Br)c1. The van der Waals surface area contributed by atoms with Gasteiger partial charge in [0.15, 0.2) is 0 Å². The van der Waals surface area contributed by atoms with Gasteiger partial charge in [0.1, 0.15) is 0 Å². The van der Waals surface area contributed by atoms with Gasteiger partial charge in [-0.25, -0.2) is 0 Å². The van der Waals surface area contributed by atoms with Crippen LogP contribution in [-0.2, 0) is 0 Å². The van der Waals surface area contributed by atoms with E-state index in [-0.39, 0.29) is 6.61 Å². The number of benzene rings is 1. The van der Waals surface area contributed by atoms with Crippen LogP contribution in [0.3, 0.4) is 0 Å². The maximum absolute atomic E-state index is 8.65. The molecule has 2 N–H and O–H groups in total. The molecule has 0 spiro atoms. The molecule has 1 rings (SSSR count). The first-order valence-electron chi connectivity index (χ1n) is 4.83. The van der Waals surface area contributed by atoms with Crippen molar-refractivity contribution < 1.29 is 5.11 Å². The van der Waals surface area contributed by atoms with Gasteiger partial charge in [0, 0.05) is 17.1 Å². The van der Waals surface area contributed by atoms with Crippen LogP contribution in [0.15, 0.2) is 28.7 Å². The Bertz CT molecular complexity index is 278. The summed E-state index contributed by atoms with van der Waals surface area (Å²) in [5.74, 6) is 0. The fourth-order valence-corrected chi connectivity index (χ4v) is 1.71. The summed E-state index contributed by atoms with van der Waals surface area (Å²) < 4.78 is 1.10. The Kier molecular flexibility index (Phi) is 5.15. The first kappa shape index (κ1) is 11.7. The van der Waals surface area contributed by atoms with E-state index in [0.29, 0.717) is 6.04 Å². The minimum absolute atomic E-state index is 0.248. The number of nitrogens with one attached hydrogen (secondary N) is 1. The topological polar surface area (TPSA) is 32.3 Å². The summed E-state index contributed by atoms with van der Waals surface area (Å²) in [5.41, 5.74) is 1.26. The largest absolute Gasteiger partial charge is 0.396 e. The molecule has 0 aliphatic carbocycles. The first-order valence-corrected chi connectivity index (χ1v) is 5.63. The molecule has 0 heterocycles. The Labute approximate surface area is 93.5 Å². The van der Waals surface area contributed by atoms with Gasteiger partial charge >= 0.3 is 0 Å². The first-order chi connectivity index (χ1) is 6.74. The maximum atomic E-state index is 8.65. The summed E-state index contributed by atoms with van der Waals surface area (Å²) in [5, 5.41) is 12.0. The van der Waals surface area contributed by atoms with Crippen molar-refractivity contribution in [2.45, 2.75) is 19.4 Å². The molecule has 0 unspecified atom stereocenters. The lowest BCUT2D eigenvalue weighted by atomic mass is 10.1. The van der Waals surface area contributed by atoms with Crippen LogP contribution in [0, 0.1) is 0 Å². The highest BCUT2D eigenvalue weighted by molar-refractivity contribution is 9.10. The van der Waals surface area contributed by atoms with Gasteiger partial charge < -0.3 is 10.4 Å². The molecule has 2 nitrogen and oxygen atoms in total. The molecule has 0 aliphatic heterocycles. The van der Waals surface area contributed by atoms with E-state index in [1.165, 1.54) is 5.56 Å². The van der Waals surface area contributed by atoms with Crippen molar-refractivity contribution in [1.29, 1.82) is 0 Å². The highest BCUT2D eigenvalue weighted by atomic mass is 79.9. The Hall–Kier alpha value is -0.380. The van der Waals surface area contributed by atoms with Crippen LogP contribution in [0.4, 0.5) is 0 Å². The standard InChI is InChI=1S/C11H16BrNO/c1-9(13-6-3-7-14)10-4-2-5-11(12)8-10/h2,4-5,8-9,13-14H,3,6-7H2,1H3/t9-/m0/s1. The van der Waals surface area contributed by atoms with Crippen molar-refractivity contribution >= 4 is 15.9 Å². The zero-order valence-electron chi connectivity index (χ0n) is 8.33. The van der Waals surface area contributed by atoms with Crippen molar-refractivity contribution in [3.63, 3.8) is 0 Å². The van der Waals surface area contributed by atoms with Crippen molar-refractivity contribution in [2.24, 2.45) is 0 Å². The van der Waals surface area contributed by atoms with Gasteiger partial charge in [0.2, 0.25) is 0 Å². The lowest BCUT2D eigenvalue weighted by Crippen LogP contribution is -2.20. The monoisotopic (exact) mass is 257 g/mol. The minimum Gasteiger partial charge on any atom is -0.396 e. The summed E-state index contributed by atoms with van der Waals surface area (Å²) in [6.07, 6.45) is 0.804. The second kappa shape index (κ2) is 6.17. The highest BCUT2D eigenvalue weighted by Crippen LogP contribution is 2.17. The van der Waals surface area contributed by atoms with E-state index >= 15 is 0 Å². The number of aliphatic hydroxyl groups is 1. The number of hydrogen-bond acceptors (Lipinski definition) is 2. The predicted octanol–water partition coefficient (Wildman–Crippen LogP) is 2.48. The van der Waals surface area contributed by atoms with E-state index in [4.69, 9.17) is 5.11 Å². The van der Waals surface area contributed by atoms with E-state index in [1.807, 2.05) is 12.1 Å². The molecule has 78 valence electrons. The van der Waals surface area contributed by atoms with Gasteiger partial charge in [-0.2, -0.15) is 0 Å². The zero-order chi connectivity index (χ0) is 10.4. The van der Waals surface area contributed by atoms with Crippen LogP contribution in [0.5, 0.6) is 0 Å². The highest BCUT2D eigenvalue weighted by Gasteiger charge is 2.03. The average Bonchev–Trinajstić information content (AvgIpc) is 2.18. The number of halogens is 1. The third kappa shape index (κ3) is 3.78. The molecule has 0 bridgehead atoms. The summed E-state index contributed by atoms with van der Waals surface area (Å²) in [6.45, 7) is 3.22. The molecule has 0 saturated carbocycles. The fraction of sp³-hybridized carbons (Fsp3) is 0.455. The van der Waals surface area contributed by atoms with Crippen molar-refractivity contribution in [3.8, 4) is 0 Å². The molecule has 0 radical (unpaired) electrons. The molecule has 1 aromatic rings. The molecular formula is C11H16BrNO. The Morgan fingerprint density at radius 1 is 1.50 bits per heavy atom. The average molecular weight is 258 g/mol. The van der Waals surface area contributed by atoms with Crippen LogP contribution in [0.25, 0.3) is 0 Å². The van der Waals surface area contributed by atoms with Gasteiger partial charge in [-0.15, -0.1) is 0 Å². The number of hydrogen-bond donors (Lipinski definition) is 2. The van der Waals surface area contributed by atoms with Crippen LogP contribution < -0.4 is 5.32 Å². The lowest BCUT2D eigenvalue weighted by Gasteiger charge is -2.13. The summed E-state index contributed by atoms with van der Waals surface area (Å²) in [7, 11) is 0. The third-order valence-corrected chi connectivity index (χ3v) is 2.63. The van der Waals surface area contributed by atoms with E-state index in [2.05, 4.69) is 40.3 Å². The molecule has 1 aromatic carbocycles. The molecule has 0 amide bonds. The molecule has 14 heavy (non-hydrogen) atoms. The van der Waals surface area contributed by atoms with Crippen LogP contribution in [0.1, 0.15) is 24.9 Å². The third-order valence-electron chi connectivity index (χ3n) is 2.13. The molecular weight excluding hydrogens is 242 g/mol. The van der Waals surface area contributed by atoms with Gasteiger partial charge in [0.25, 0.3) is 0 Å². The van der Waals surface area contributed by atoms with Gasteiger partial charge in [0.05, 0.1) is 0 Å². The molecule has 0 fully saturated rings. The smallest absolute Gasteiger partial charge is 0.0443 e. The second-order valence-corrected chi connectivity index (χ2v) is 4.22. The van der Waals surface area contributed by atoms with Crippen molar-refractivity contribution in [1.82, 2.24) is 5.32 Å².